The van der Waals surface area contributed by atoms with Crippen molar-refractivity contribution in [3.05, 3.63) is 58.1 Å². The highest BCUT2D eigenvalue weighted by Crippen LogP contribution is 2.25. The number of ether oxygens (including phenoxy) is 1. The van der Waals surface area contributed by atoms with Crippen molar-refractivity contribution in [2.75, 3.05) is 11.9 Å². The van der Waals surface area contributed by atoms with Gasteiger partial charge in [0.15, 0.2) is 18.2 Å². The summed E-state index contributed by atoms with van der Waals surface area (Å²) in [7, 11) is -4.32. The maximum absolute atomic E-state index is 13.2. The molecule has 2 aromatic rings. The monoisotopic (exact) mass is 496 g/mol. The van der Waals surface area contributed by atoms with Crippen LogP contribution in [0.2, 0.25) is 10.0 Å². The molecule has 0 radical (unpaired) electrons. The first kappa shape index (κ1) is 25.0. The summed E-state index contributed by atoms with van der Waals surface area (Å²) in [6.45, 7) is 0.250. The van der Waals surface area contributed by atoms with Gasteiger partial charge in [0.25, 0.3) is 5.91 Å². The SMILES string of the molecule is CC(O)C(NS(=O)(=O)c1ccc(Cl)c(Cl)c1)C(=O)OCC(=O)Nc1ccc(F)c(F)c1. The van der Waals surface area contributed by atoms with Crippen molar-refractivity contribution in [3.8, 4) is 0 Å². The van der Waals surface area contributed by atoms with E-state index in [9.17, 15) is 31.9 Å². The second kappa shape index (κ2) is 10.3. The van der Waals surface area contributed by atoms with Gasteiger partial charge < -0.3 is 15.2 Å². The van der Waals surface area contributed by atoms with Gasteiger partial charge in [0.1, 0.15) is 6.04 Å². The highest BCUT2D eigenvalue weighted by molar-refractivity contribution is 7.89. The minimum absolute atomic E-state index is 0.0467. The number of hydrogen-bond acceptors (Lipinski definition) is 6. The van der Waals surface area contributed by atoms with Crippen LogP contribution in [0.15, 0.2) is 41.3 Å². The Bertz CT molecular complexity index is 1100. The van der Waals surface area contributed by atoms with E-state index in [2.05, 4.69) is 5.32 Å². The molecule has 2 unspecified atom stereocenters. The van der Waals surface area contributed by atoms with E-state index in [0.717, 1.165) is 37.3 Å². The number of hydrogen-bond donors (Lipinski definition) is 3. The molecule has 0 fully saturated rings. The van der Waals surface area contributed by atoms with Gasteiger partial charge in [0.05, 0.1) is 21.0 Å². The predicted octanol–water partition coefficient (Wildman–Crippen LogP) is 2.48. The van der Waals surface area contributed by atoms with E-state index in [4.69, 9.17) is 27.9 Å². The maximum atomic E-state index is 13.2. The van der Waals surface area contributed by atoms with E-state index >= 15 is 0 Å². The number of anilines is 1. The Kier molecular flexibility index (Phi) is 8.32. The molecular weight excluding hydrogens is 481 g/mol. The zero-order valence-corrected chi connectivity index (χ0v) is 18.1. The fraction of sp³-hybridized carbons (Fsp3) is 0.222. The van der Waals surface area contributed by atoms with Crippen LogP contribution in [0.1, 0.15) is 6.92 Å². The summed E-state index contributed by atoms with van der Waals surface area (Å²) in [6.07, 6.45) is -1.53. The number of sulfonamides is 1. The normalized spacial score (nSPS) is 13.4. The van der Waals surface area contributed by atoms with Crippen LogP contribution in [0.5, 0.6) is 0 Å². The maximum Gasteiger partial charge on any atom is 0.327 e. The van der Waals surface area contributed by atoms with Crippen LogP contribution in [0.4, 0.5) is 14.5 Å². The third-order valence-corrected chi connectivity index (χ3v) is 5.95. The lowest BCUT2D eigenvalue weighted by Crippen LogP contribution is -2.48. The Morgan fingerprint density at radius 2 is 1.77 bits per heavy atom. The fourth-order valence-electron chi connectivity index (χ4n) is 2.22. The lowest BCUT2D eigenvalue weighted by atomic mass is 10.2. The quantitative estimate of drug-likeness (QED) is 0.482. The third kappa shape index (κ3) is 6.84. The molecule has 0 saturated carbocycles. The Morgan fingerprint density at radius 1 is 1.10 bits per heavy atom. The number of carbonyl (C=O) groups is 2. The Labute approximate surface area is 186 Å². The molecule has 0 aromatic heterocycles. The average Bonchev–Trinajstić information content (AvgIpc) is 2.69. The van der Waals surface area contributed by atoms with Gasteiger partial charge in [-0.3, -0.25) is 9.59 Å². The number of halogens is 4. The minimum atomic E-state index is -4.32. The molecule has 1 amide bonds. The number of aliphatic hydroxyl groups excluding tert-OH is 1. The number of esters is 1. The molecule has 8 nitrogen and oxygen atoms in total. The van der Waals surface area contributed by atoms with E-state index in [-0.39, 0.29) is 20.6 Å². The van der Waals surface area contributed by atoms with Crippen molar-refractivity contribution < 1.29 is 36.6 Å². The molecule has 2 rings (SSSR count). The van der Waals surface area contributed by atoms with Crippen molar-refractivity contribution in [1.29, 1.82) is 0 Å². The molecule has 0 aliphatic heterocycles. The van der Waals surface area contributed by atoms with E-state index in [1.807, 2.05) is 4.72 Å². The molecule has 0 aliphatic rings. The molecule has 13 heteroatoms. The molecule has 0 bridgehead atoms. The van der Waals surface area contributed by atoms with Crippen molar-refractivity contribution in [2.24, 2.45) is 0 Å². The van der Waals surface area contributed by atoms with Crippen LogP contribution in [0.3, 0.4) is 0 Å². The molecule has 0 aliphatic carbocycles. The van der Waals surface area contributed by atoms with Crippen LogP contribution in [0, 0.1) is 11.6 Å². The highest BCUT2D eigenvalue weighted by atomic mass is 35.5. The number of nitrogens with one attached hydrogen (secondary N) is 2. The molecule has 2 atom stereocenters. The first-order chi connectivity index (χ1) is 14.4. The van der Waals surface area contributed by atoms with Crippen LogP contribution < -0.4 is 10.0 Å². The largest absolute Gasteiger partial charge is 0.454 e. The molecule has 2 aromatic carbocycles. The molecule has 3 N–H and O–H groups in total. The molecule has 0 heterocycles. The second-order valence-electron chi connectivity index (χ2n) is 6.20. The summed E-state index contributed by atoms with van der Waals surface area (Å²) in [5.74, 6) is -4.46. The van der Waals surface area contributed by atoms with Gasteiger partial charge in [-0.15, -0.1) is 0 Å². The van der Waals surface area contributed by atoms with E-state index in [0.29, 0.717) is 0 Å². The zero-order valence-electron chi connectivity index (χ0n) is 15.7. The number of benzene rings is 2. The lowest BCUT2D eigenvalue weighted by Gasteiger charge is -2.20. The van der Waals surface area contributed by atoms with Crippen molar-refractivity contribution in [2.45, 2.75) is 24.0 Å². The molecule has 0 saturated heterocycles. The first-order valence-electron chi connectivity index (χ1n) is 8.47. The van der Waals surface area contributed by atoms with E-state index < -0.39 is 52.3 Å². The Balaban J connectivity index is 2.03. The van der Waals surface area contributed by atoms with Crippen molar-refractivity contribution in [1.82, 2.24) is 4.72 Å². The smallest absolute Gasteiger partial charge is 0.327 e. The first-order valence-corrected chi connectivity index (χ1v) is 10.7. The van der Waals surface area contributed by atoms with Gasteiger partial charge in [0, 0.05) is 11.8 Å². The molecular formula is C18H16Cl2F2N2O6S. The van der Waals surface area contributed by atoms with Gasteiger partial charge in [-0.25, -0.2) is 17.2 Å². The summed E-state index contributed by atoms with van der Waals surface area (Å²) in [6, 6.07) is 4.26. The van der Waals surface area contributed by atoms with Gasteiger partial charge >= 0.3 is 5.97 Å². The van der Waals surface area contributed by atoms with Gasteiger partial charge in [0.2, 0.25) is 10.0 Å². The molecule has 31 heavy (non-hydrogen) atoms. The van der Waals surface area contributed by atoms with Crippen molar-refractivity contribution >= 4 is 50.8 Å². The zero-order chi connectivity index (χ0) is 23.3. The van der Waals surface area contributed by atoms with Gasteiger partial charge in [-0.05, 0) is 37.3 Å². The summed E-state index contributed by atoms with van der Waals surface area (Å²) in [5.41, 5.74) is -0.0904. The van der Waals surface area contributed by atoms with Crippen LogP contribution in [-0.2, 0) is 24.3 Å². The predicted molar refractivity (Wildman–Crippen MR) is 108 cm³/mol. The summed E-state index contributed by atoms with van der Waals surface area (Å²) in [4.78, 5) is 23.8. The second-order valence-corrected chi connectivity index (χ2v) is 8.73. The van der Waals surface area contributed by atoms with E-state index in [1.54, 1.807) is 0 Å². The van der Waals surface area contributed by atoms with Gasteiger partial charge in [-0.2, -0.15) is 4.72 Å². The highest BCUT2D eigenvalue weighted by Gasteiger charge is 2.31. The topological polar surface area (TPSA) is 122 Å². The average molecular weight is 497 g/mol. The minimum Gasteiger partial charge on any atom is -0.454 e. The Hall–Kier alpha value is -2.31. The van der Waals surface area contributed by atoms with Gasteiger partial charge in [-0.1, -0.05) is 23.2 Å². The lowest BCUT2D eigenvalue weighted by molar-refractivity contribution is -0.151. The van der Waals surface area contributed by atoms with E-state index in [1.165, 1.54) is 6.07 Å². The standard InChI is InChI=1S/C18H16Cl2F2N2O6S/c1-9(25)17(24-31(28,29)11-3-4-12(19)13(20)7-11)18(27)30-8-16(26)23-10-2-5-14(21)15(22)6-10/h2-7,9,17,24-25H,8H2,1H3,(H,23,26). The summed E-state index contributed by atoms with van der Waals surface area (Å²) < 4.78 is 57.7. The van der Waals surface area contributed by atoms with Crippen LogP contribution in [0.25, 0.3) is 0 Å². The third-order valence-electron chi connectivity index (χ3n) is 3.77. The Morgan fingerprint density at radius 3 is 2.35 bits per heavy atom. The fourth-order valence-corrected chi connectivity index (χ4v) is 3.87. The summed E-state index contributed by atoms with van der Waals surface area (Å²) in [5, 5.41) is 12.0. The number of amides is 1. The van der Waals surface area contributed by atoms with Crippen LogP contribution >= 0.6 is 23.2 Å². The molecule has 0 spiro atoms. The van der Waals surface area contributed by atoms with Crippen LogP contribution in [-0.4, -0.2) is 44.2 Å². The number of carbonyl (C=O) groups excluding carboxylic acids is 2. The summed E-state index contributed by atoms with van der Waals surface area (Å²) >= 11 is 11.5. The van der Waals surface area contributed by atoms with Crippen molar-refractivity contribution in [3.63, 3.8) is 0 Å². The number of rotatable bonds is 8. The number of aliphatic hydroxyl groups is 1. The molecule has 168 valence electrons.